The molecule has 0 saturated heterocycles. The second kappa shape index (κ2) is 14.6. The van der Waals surface area contributed by atoms with Gasteiger partial charge in [-0.05, 0) is 28.7 Å². The number of ether oxygens (including phenoxy) is 1. The normalized spacial score (nSPS) is 11.7. The van der Waals surface area contributed by atoms with Crippen LogP contribution in [0.15, 0.2) is 48.5 Å². The van der Waals surface area contributed by atoms with Crippen molar-refractivity contribution in [1.29, 1.82) is 0 Å². The number of hydroxylamine groups is 1. The molecular formula is C27H32N4O7. The van der Waals surface area contributed by atoms with Crippen LogP contribution >= 0.6 is 0 Å². The quantitative estimate of drug-likeness (QED) is 0.200. The molecule has 0 bridgehead atoms. The molecule has 1 aliphatic carbocycles. The lowest BCUT2D eigenvalue weighted by atomic mass is 9.98. The van der Waals surface area contributed by atoms with Gasteiger partial charge in [-0.1, -0.05) is 48.5 Å². The Morgan fingerprint density at radius 2 is 1.45 bits per heavy atom. The van der Waals surface area contributed by atoms with Crippen LogP contribution in [-0.4, -0.2) is 62.3 Å². The summed E-state index contributed by atoms with van der Waals surface area (Å²) < 4.78 is 5.32. The minimum Gasteiger partial charge on any atom is -0.447 e. The molecule has 0 saturated carbocycles. The molecule has 202 valence electrons. The fraction of sp³-hybridized carbons (Fsp3) is 0.370. The van der Waals surface area contributed by atoms with Crippen LogP contribution in [0, 0.1) is 0 Å². The van der Waals surface area contributed by atoms with E-state index in [1.54, 1.807) is 0 Å². The molecule has 3 amide bonds. The van der Waals surface area contributed by atoms with Gasteiger partial charge in [-0.15, -0.1) is 0 Å². The minimum absolute atomic E-state index is 0.0105. The molecule has 0 heterocycles. The molecule has 2 aromatic rings. The van der Waals surface area contributed by atoms with Gasteiger partial charge in [0.1, 0.15) is 12.4 Å². The van der Waals surface area contributed by atoms with Crippen molar-refractivity contribution in [2.45, 2.75) is 31.6 Å². The average molecular weight is 525 g/mol. The first-order chi connectivity index (χ1) is 18.4. The maximum Gasteiger partial charge on any atom is 0.431 e. The number of Topliss-reactive ketones (excluding diaryl/α,β-unsaturated/α-hetero) is 2. The largest absolute Gasteiger partial charge is 0.447 e. The number of ketones is 2. The first kappa shape index (κ1) is 28.5. The van der Waals surface area contributed by atoms with Crippen molar-refractivity contribution in [3.8, 4) is 11.1 Å². The van der Waals surface area contributed by atoms with Gasteiger partial charge in [-0.2, -0.15) is 5.48 Å². The molecule has 0 aromatic heterocycles. The number of carbonyl (C=O) groups excluding carboxylic acids is 5. The fourth-order valence-electron chi connectivity index (χ4n) is 4.08. The number of carbonyl (C=O) groups is 5. The van der Waals surface area contributed by atoms with Gasteiger partial charge in [-0.25, -0.2) is 4.79 Å². The van der Waals surface area contributed by atoms with Crippen LogP contribution in [0.25, 0.3) is 11.1 Å². The van der Waals surface area contributed by atoms with Gasteiger partial charge in [0, 0.05) is 31.7 Å². The summed E-state index contributed by atoms with van der Waals surface area (Å²) in [6.45, 7) is -0.339. The van der Waals surface area contributed by atoms with Crippen molar-refractivity contribution in [1.82, 2.24) is 16.1 Å². The molecule has 0 radical (unpaired) electrons. The van der Waals surface area contributed by atoms with E-state index in [4.69, 9.17) is 15.3 Å². The maximum absolute atomic E-state index is 12.1. The second-order valence-electron chi connectivity index (χ2n) is 8.73. The Morgan fingerprint density at radius 1 is 0.789 bits per heavy atom. The molecule has 0 spiro atoms. The molecule has 11 nitrogen and oxygen atoms in total. The summed E-state index contributed by atoms with van der Waals surface area (Å²) in [6, 6.07) is 16.0. The monoisotopic (exact) mass is 524 g/mol. The van der Waals surface area contributed by atoms with Crippen LogP contribution in [0.3, 0.4) is 0 Å². The van der Waals surface area contributed by atoms with Gasteiger partial charge in [0.05, 0.1) is 13.1 Å². The standard InChI is InChI=1S/C27H32N4O7/c28-14-18(32)11-12-25(34)30-15-19(33)6-5-13-29-26(35)17-38-31-27(36)37-16-24-22-9-3-1-7-20(22)21-8-2-4-10-23(21)24/h1-4,7-10,24H,5-6,11-17,28H2,(H,29,35)(H,30,34)(H,31,36). The zero-order valence-corrected chi connectivity index (χ0v) is 21.0. The van der Waals surface area contributed by atoms with Crippen LogP contribution in [-0.2, 0) is 28.8 Å². The highest BCUT2D eigenvalue weighted by Crippen LogP contribution is 2.44. The van der Waals surface area contributed by atoms with Gasteiger partial charge in [0.15, 0.2) is 12.4 Å². The summed E-state index contributed by atoms with van der Waals surface area (Å²) in [7, 11) is 0. The van der Waals surface area contributed by atoms with Crippen molar-refractivity contribution >= 4 is 29.5 Å². The molecule has 0 fully saturated rings. The molecule has 0 atom stereocenters. The third-order valence-electron chi connectivity index (χ3n) is 6.00. The number of nitrogens with one attached hydrogen (secondary N) is 3. The highest BCUT2D eigenvalue weighted by atomic mass is 16.7. The van der Waals surface area contributed by atoms with Crippen molar-refractivity contribution in [2.24, 2.45) is 5.73 Å². The first-order valence-electron chi connectivity index (χ1n) is 12.4. The van der Waals surface area contributed by atoms with Gasteiger partial charge >= 0.3 is 6.09 Å². The summed E-state index contributed by atoms with van der Waals surface area (Å²) in [5.74, 6) is -1.39. The molecule has 0 aliphatic heterocycles. The van der Waals surface area contributed by atoms with E-state index < -0.39 is 24.5 Å². The third-order valence-corrected chi connectivity index (χ3v) is 6.00. The Kier molecular flexibility index (Phi) is 10.9. The summed E-state index contributed by atoms with van der Waals surface area (Å²) in [5.41, 5.74) is 11.7. The number of amides is 3. The van der Waals surface area contributed by atoms with Crippen molar-refractivity contribution < 1.29 is 33.5 Å². The molecule has 5 N–H and O–H groups in total. The average Bonchev–Trinajstić information content (AvgIpc) is 3.25. The molecule has 3 rings (SSSR count). The summed E-state index contributed by atoms with van der Waals surface area (Å²) in [6.07, 6.45) is -0.253. The Morgan fingerprint density at radius 3 is 2.11 bits per heavy atom. The van der Waals surface area contributed by atoms with Crippen LogP contribution < -0.4 is 21.8 Å². The van der Waals surface area contributed by atoms with Gasteiger partial charge < -0.3 is 21.1 Å². The Balaban J connectivity index is 1.25. The lowest BCUT2D eigenvalue weighted by Gasteiger charge is -2.14. The first-order valence-corrected chi connectivity index (χ1v) is 12.4. The minimum atomic E-state index is -0.806. The lowest BCUT2D eigenvalue weighted by Crippen LogP contribution is -2.34. The zero-order valence-electron chi connectivity index (χ0n) is 21.0. The van der Waals surface area contributed by atoms with Crippen molar-refractivity contribution in [3.05, 3.63) is 59.7 Å². The smallest absolute Gasteiger partial charge is 0.431 e. The lowest BCUT2D eigenvalue weighted by molar-refractivity contribution is -0.128. The van der Waals surface area contributed by atoms with Crippen molar-refractivity contribution in [3.63, 3.8) is 0 Å². The van der Waals surface area contributed by atoms with E-state index >= 15 is 0 Å². The van der Waals surface area contributed by atoms with Crippen LogP contribution in [0.4, 0.5) is 4.79 Å². The Bertz CT molecular complexity index is 1120. The Labute approximate surface area is 220 Å². The van der Waals surface area contributed by atoms with E-state index in [-0.39, 0.29) is 63.0 Å². The molecule has 0 unspecified atom stereocenters. The molecule has 1 aliphatic rings. The maximum atomic E-state index is 12.1. The number of hydrogen-bond acceptors (Lipinski definition) is 8. The van der Waals surface area contributed by atoms with E-state index in [1.807, 2.05) is 48.5 Å². The highest BCUT2D eigenvalue weighted by Gasteiger charge is 2.29. The number of benzene rings is 2. The van der Waals surface area contributed by atoms with Gasteiger partial charge in [0.2, 0.25) is 11.8 Å². The highest BCUT2D eigenvalue weighted by molar-refractivity contribution is 5.89. The van der Waals surface area contributed by atoms with Crippen LogP contribution in [0.1, 0.15) is 42.7 Å². The van der Waals surface area contributed by atoms with Gasteiger partial charge in [-0.3, -0.25) is 24.0 Å². The topological polar surface area (TPSA) is 166 Å². The summed E-state index contributed by atoms with van der Waals surface area (Å²) in [5, 5.41) is 5.02. The molecule has 38 heavy (non-hydrogen) atoms. The predicted octanol–water partition coefficient (Wildman–Crippen LogP) is 1.35. The van der Waals surface area contributed by atoms with E-state index in [1.165, 1.54) is 0 Å². The van der Waals surface area contributed by atoms with E-state index in [0.29, 0.717) is 6.42 Å². The zero-order chi connectivity index (χ0) is 27.3. The second-order valence-corrected chi connectivity index (χ2v) is 8.73. The SMILES string of the molecule is NCC(=O)CCC(=O)NCC(=O)CCCNC(=O)CONC(=O)OCC1c2ccccc2-c2ccccc21. The number of nitrogens with two attached hydrogens (primary N) is 1. The molecular weight excluding hydrogens is 492 g/mol. The fourth-order valence-corrected chi connectivity index (χ4v) is 4.08. The van der Waals surface area contributed by atoms with Gasteiger partial charge in [0.25, 0.3) is 0 Å². The number of hydrogen-bond donors (Lipinski definition) is 4. The van der Waals surface area contributed by atoms with E-state index in [9.17, 15) is 24.0 Å². The molecule has 11 heteroatoms. The summed E-state index contributed by atoms with van der Waals surface area (Å²) in [4.78, 5) is 63.3. The summed E-state index contributed by atoms with van der Waals surface area (Å²) >= 11 is 0. The predicted molar refractivity (Wildman–Crippen MR) is 138 cm³/mol. The number of fused-ring (bicyclic) bond motifs is 3. The molecule has 2 aromatic carbocycles. The number of rotatable bonds is 15. The van der Waals surface area contributed by atoms with Crippen molar-refractivity contribution in [2.75, 3.05) is 32.8 Å². The van der Waals surface area contributed by atoms with Crippen LogP contribution in [0.5, 0.6) is 0 Å². The third kappa shape index (κ3) is 8.49. The van der Waals surface area contributed by atoms with E-state index in [2.05, 4.69) is 16.1 Å². The van der Waals surface area contributed by atoms with E-state index in [0.717, 1.165) is 22.3 Å². The Hall–Kier alpha value is -4.09. The van der Waals surface area contributed by atoms with Crippen LogP contribution in [0.2, 0.25) is 0 Å².